The molecule has 0 radical (unpaired) electrons. The highest BCUT2D eigenvalue weighted by Gasteiger charge is 2.60. The second-order valence-electron chi connectivity index (χ2n) is 31.8. The minimum absolute atomic E-state index is 0.155. The van der Waals surface area contributed by atoms with Crippen LogP contribution in [0.2, 0.25) is 0 Å². The number of carboxylic acids is 1. The molecule has 0 aromatic rings. The number of rotatable bonds is 59. The van der Waals surface area contributed by atoms with Crippen molar-refractivity contribution in [2.75, 3.05) is 39.6 Å². The molecule has 28 atom stereocenters. The normalized spacial score (nSPS) is 33.1. The summed E-state index contributed by atoms with van der Waals surface area (Å²) in [4.78, 5) is 52.3. The fourth-order valence-corrected chi connectivity index (χ4v) is 15.3. The Bertz CT molecular complexity index is 2700. The van der Waals surface area contributed by atoms with Gasteiger partial charge in [0.25, 0.3) is 5.79 Å². The second kappa shape index (κ2) is 56.1. The molecule has 0 spiro atoms. The van der Waals surface area contributed by atoms with Gasteiger partial charge in [-0.3, -0.25) is 14.4 Å². The smallest absolute Gasteiger partial charge is 0.364 e. The molecule has 5 fully saturated rings. The van der Waals surface area contributed by atoms with Gasteiger partial charge in [-0.1, -0.05) is 205 Å². The van der Waals surface area contributed by atoms with Crippen LogP contribution in [0.15, 0.2) is 24.3 Å². The molecule has 0 aromatic heterocycles. The van der Waals surface area contributed by atoms with E-state index in [-0.39, 0.29) is 12.3 Å². The van der Waals surface area contributed by atoms with Gasteiger partial charge in [0.15, 0.2) is 25.2 Å². The standard InChI is InChI=1S/C81H145N3O31/c1-5-7-9-11-13-15-17-19-20-21-22-23-24-25-26-27-28-30-32-34-36-38-40-42-60(94)84-52(53(91)41-39-37-35-33-31-29-18-16-14-12-10-8-6-2)48-106-77-70(102)68(100)72(58(47-88)110-77)112-79-71(103)75(65(97)57(46-87)109-79)114-76-62(83-51(4)90)73(113-78-69(101)67(99)64(96)56(45-86)108-78)66(98)59(111-76)49-107-81(80(104)105)43-54(92)61(82-50(3)89)74(115-81)63(95)55(93)44-85/h19-20,39,41,52-59,61-79,85-88,91-93,95-103H,5-18,21-38,40,42-49H2,1-4H3,(H,82,89)(H,83,90)(H,84,94)(H,104,105)/b20-19-,41-39+/t52-,53+,54?,55+,56?,57?,58?,59?,61+,62?,63+,64-,65-,66+,67-,68+,69?,70?,71?,72+,73+,74?,75-,76-,77+,78-,79-,81+/m0/s1. The van der Waals surface area contributed by atoms with E-state index in [1.807, 2.05) is 6.08 Å². The molecule has 5 rings (SSSR count). The lowest BCUT2D eigenvalue weighted by Crippen LogP contribution is -2.71. The number of hydrogen-bond donors (Lipinski definition) is 20. The highest BCUT2D eigenvalue weighted by molar-refractivity contribution is 5.77. The van der Waals surface area contributed by atoms with Crippen molar-refractivity contribution in [2.45, 2.75) is 424 Å². The number of hydrogen-bond acceptors (Lipinski definition) is 30. The van der Waals surface area contributed by atoms with Crippen LogP contribution in [0.3, 0.4) is 0 Å². The van der Waals surface area contributed by atoms with Crippen LogP contribution in [0.4, 0.5) is 0 Å². The van der Waals surface area contributed by atoms with Crippen molar-refractivity contribution in [1.29, 1.82) is 0 Å². The molecule has 0 aliphatic carbocycles. The van der Waals surface area contributed by atoms with Gasteiger partial charge in [0.1, 0.15) is 116 Å². The Balaban J connectivity index is 1.26. The van der Waals surface area contributed by atoms with Crippen LogP contribution >= 0.6 is 0 Å². The van der Waals surface area contributed by atoms with Crippen molar-refractivity contribution in [1.82, 2.24) is 16.0 Å². The Kier molecular flexibility index (Phi) is 49.7. The number of aliphatic hydroxyl groups is 16. The number of ether oxygens (including phenoxy) is 10. The van der Waals surface area contributed by atoms with Gasteiger partial charge < -0.3 is 150 Å². The molecule has 670 valence electrons. The lowest BCUT2D eigenvalue weighted by Gasteiger charge is -2.51. The number of aliphatic carboxylic acids is 1. The Labute approximate surface area is 677 Å². The van der Waals surface area contributed by atoms with E-state index in [4.69, 9.17) is 47.4 Å². The number of carbonyl (C=O) groups excluding carboxylic acids is 3. The van der Waals surface area contributed by atoms with E-state index in [0.29, 0.717) is 12.8 Å². The molecule has 0 bridgehead atoms. The van der Waals surface area contributed by atoms with Crippen molar-refractivity contribution in [2.24, 2.45) is 0 Å². The van der Waals surface area contributed by atoms with Crippen molar-refractivity contribution in [3.63, 3.8) is 0 Å². The average molecular weight is 1660 g/mol. The van der Waals surface area contributed by atoms with Gasteiger partial charge in [0.2, 0.25) is 17.7 Å². The summed E-state index contributed by atoms with van der Waals surface area (Å²) in [6.07, 6.45) is -2.86. The first-order valence-electron chi connectivity index (χ1n) is 42.7. The Morgan fingerprint density at radius 2 is 0.887 bits per heavy atom. The van der Waals surface area contributed by atoms with Crippen LogP contribution in [0.1, 0.15) is 252 Å². The summed E-state index contributed by atoms with van der Waals surface area (Å²) in [7, 11) is 0. The number of carbonyl (C=O) groups is 4. The van der Waals surface area contributed by atoms with Gasteiger partial charge >= 0.3 is 5.97 Å². The minimum Gasteiger partial charge on any atom is -0.477 e. The summed E-state index contributed by atoms with van der Waals surface area (Å²) in [6, 6.07) is -4.70. The van der Waals surface area contributed by atoms with Crippen molar-refractivity contribution in [3.05, 3.63) is 24.3 Å². The molecule has 115 heavy (non-hydrogen) atoms. The first-order valence-corrected chi connectivity index (χ1v) is 42.7. The molecule has 5 aliphatic rings. The number of aliphatic hydroxyl groups excluding tert-OH is 16. The summed E-state index contributed by atoms with van der Waals surface area (Å²) < 4.78 is 59.4. The predicted octanol–water partition coefficient (Wildman–Crippen LogP) is 1.85. The summed E-state index contributed by atoms with van der Waals surface area (Å²) in [5.74, 6) is -7.23. The van der Waals surface area contributed by atoms with Crippen LogP contribution in [0.25, 0.3) is 0 Å². The Morgan fingerprint density at radius 1 is 0.461 bits per heavy atom. The highest BCUT2D eigenvalue weighted by atomic mass is 16.8. The van der Waals surface area contributed by atoms with Crippen LogP contribution in [-0.4, -0.2) is 321 Å². The zero-order valence-electron chi connectivity index (χ0n) is 68.2. The lowest BCUT2D eigenvalue weighted by atomic mass is 9.88. The predicted molar refractivity (Wildman–Crippen MR) is 415 cm³/mol. The Morgan fingerprint density at radius 3 is 1.38 bits per heavy atom. The molecule has 10 unspecified atom stereocenters. The van der Waals surface area contributed by atoms with Crippen molar-refractivity contribution < 1.29 is 153 Å². The minimum atomic E-state index is -3.10. The monoisotopic (exact) mass is 1660 g/mol. The van der Waals surface area contributed by atoms with Gasteiger partial charge in [-0.2, -0.15) is 0 Å². The number of carboxylic acid groups (broad SMARTS) is 1. The molecule has 34 nitrogen and oxygen atoms in total. The third-order valence-corrected chi connectivity index (χ3v) is 22.2. The molecule has 5 heterocycles. The average Bonchev–Trinajstić information content (AvgIpc) is 0.764. The molecule has 0 saturated carbocycles. The molecule has 5 saturated heterocycles. The summed E-state index contributed by atoms with van der Waals surface area (Å²) in [5.41, 5.74) is 0. The fraction of sp³-hybridized carbons (Fsp3) is 0.901. The number of allylic oxidation sites excluding steroid dienone is 3. The topological polar surface area (TPSA) is 541 Å². The molecule has 34 heteroatoms. The molecule has 3 amide bonds. The lowest BCUT2D eigenvalue weighted by molar-refractivity contribution is -0.384. The molecule has 5 aliphatic heterocycles. The van der Waals surface area contributed by atoms with E-state index in [0.717, 1.165) is 65.2 Å². The summed E-state index contributed by atoms with van der Waals surface area (Å²) in [6.45, 7) is 0.554. The van der Waals surface area contributed by atoms with Crippen LogP contribution < -0.4 is 16.0 Å². The van der Waals surface area contributed by atoms with Crippen LogP contribution in [-0.2, 0) is 66.5 Å². The maximum absolute atomic E-state index is 13.6. The number of unbranched alkanes of at least 4 members (excludes halogenated alkanes) is 30. The maximum Gasteiger partial charge on any atom is 0.364 e. The van der Waals surface area contributed by atoms with E-state index in [1.165, 1.54) is 148 Å². The largest absolute Gasteiger partial charge is 0.477 e. The SMILES string of the molecule is CCCCCCCC/C=C\CCCCCCCCCCCCCCCC(=O)N[C@@H](CO[C@@H]1OC(CO)[C@@H](O[C@@H]2OC(CO)[C@H](O)[C@H](O[C@@H]3OC(CO[C@]4(C(=O)O)CC(O)[C@@H](NC(C)=O)C([C@H](O)[C@H](O)CO)O4)[C@@H](O)[C@H](O[C@@H]4OC(CO)[C@H](O)[C@H](O)C4O)C3NC(C)=O)C2O)[C@H](O)C1O)[C@H](O)/C=C/CCCCCCCCCCCCC. The van der Waals surface area contributed by atoms with Crippen molar-refractivity contribution >= 4 is 23.7 Å². The van der Waals surface area contributed by atoms with Crippen molar-refractivity contribution in [3.8, 4) is 0 Å². The van der Waals surface area contributed by atoms with Crippen LogP contribution in [0, 0.1) is 0 Å². The van der Waals surface area contributed by atoms with E-state index >= 15 is 0 Å². The zero-order valence-corrected chi connectivity index (χ0v) is 68.2. The van der Waals surface area contributed by atoms with E-state index in [9.17, 15) is 106 Å². The van der Waals surface area contributed by atoms with Gasteiger partial charge in [-0.05, 0) is 44.9 Å². The van der Waals surface area contributed by atoms with E-state index < -0.39 is 235 Å². The van der Waals surface area contributed by atoms with Gasteiger partial charge in [0, 0.05) is 26.7 Å². The molecular weight excluding hydrogens is 1510 g/mol. The third kappa shape index (κ3) is 33.9. The van der Waals surface area contributed by atoms with Crippen LogP contribution in [0.5, 0.6) is 0 Å². The number of nitrogens with one attached hydrogen (secondary N) is 3. The van der Waals surface area contributed by atoms with Gasteiger partial charge in [-0.25, -0.2) is 4.79 Å². The summed E-state index contributed by atoms with van der Waals surface area (Å²) >= 11 is 0. The van der Waals surface area contributed by atoms with Gasteiger partial charge in [0.05, 0.1) is 63.9 Å². The second-order valence-corrected chi connectivity index (χ2v) is 31.8. The van der Waals surface area contributed by atoms with Gasteiger partial charge in [-0.15, -0.1) is 0 Å². The first-order chi connectivity index (χ1) is 55.2. The number of amides is 3. The van der Waals surface area contributed by atoms with E-state index in [2.05, 4.69) is 41.9 Å². The third-order valence-electron chi connectivity index (χ3n) is 22.2. The fourth-order valence-electron chi connectivity index (χ4n) is 15.3. The Hall–Kier alpha value is -3.68. The first kappa shape index (κ1) is 102. The summed E-state index contributed by atoms with van der Waals surface area (Å²) in [5, 5.41) is 196. The highest BCUT2D eigenvalue weighted by Crippen LogP contribution is 2.39. The molecule has 20 N–H and O–H groups in total. The molecule has 0 aromatic carbocycles. The zero-order chi connectivity index (χ0) is 84.4. The van der Waals surface area contributed by atoms with E-state index in [1.54, 1.807) is 6.08 Å². The molecular formula is C81H145N3O31. The maximum atomic E-state index is 13.6. The quantitative estimate of drug-likeness (QED) is 0.0305.